The summed E-state index contributed by atoms with van der Waals surface area (Å²) in [6.45, 7) is 6.11. The zero-order valence-corrected chi connectivity index (χ0v) is 8.84. The van der Waals surface area contributed by atoms with E-state index < -0.39 is 0 Å². The van der Waals surface area contributed by atoms with Gasteiger partial charge in [-0.15, -0.1) is 24.0 Å². The molecular formula is C8H12IN. The van der Waals surface area contributed by atoms with E-state index >= 15 is 0 Å². The second-order valence-corrected chi connectivity index (χ2v) is 2.43. The standard InChI is InChI=1S/C8H11N.HI/c1-6-4-7(2)9-8(3)5-6;/h4-5H,1-3H3;1H. The Morgan fingerprint density at radius 2 is 1.40 bits per heavy atom. The van der Waals surface area contributed by atoms with Gasteiger partial charge in [-0.1, -0.05) is 0 Å². The molecular weight excluding hydrogens is 237 g/mol. The molecule has 0 radical (unpaired) electrons. The second-order valence-electron chi connectivity index (χ2n) is 2.43. The molecule has 0 spiro atoms. The molecule has 2 heteroatoms. The Balaban J connectivity index is 0.000000810. The average Bonchev–Trinajstić information content (AvgIpc) is 1.59. The van der Waals surface area contributed by atoms with Crippen molar-refractivity contribution in [2.45, 2.75) is 20.8 Å². The zero-order chi connectivity index (χ0) is 6.85. The number of aryl methyl sites for hydroxylation is 3. The Morgan fingerprint density at radius 3 is 1.70 bits per heavy atom. The third-order valence-electron chi connectivity index (χ3n) is 1.23. The molecule has 1 aromatic heterocycles. The summed E-state index contributed by atoms with van der Waals surface area (Å²) in [5.41, 5.74) is 3.50. The van der Waals surface area contributed by atoms with Gasteiger partial charge >= 0.3 is 0 Å². The van der Waals surface area contributed by atoms with Crippen molar-refractivity contribution in [2.75, 3.05) is 0 Å². The fourth-order valence-electron chi connectivity index (χ4n) is 1.04. The summed E-state index contributed by atoms with van der Waals surface area (Å²) in [5.74, 6) is 0. The second kappa shape index (κ2) is 3.91. The molecule has 0 N–H and O–H groups in total. The van der Waals surface area contributed by atoms with Crippen molar-refractivity contribution >= 4 is 24.0 Å². The van der Waals surface area contributed by atoms with Crippen LogP contribution in [0.1, 0.15) is 17.0 Å². The summed E-state index contributed by atoms with van der Waals surface area (Å²) >= 11 is 0. The first kappa shape index (κ1) is 9.88. The van der Waals surface area contributed by atoms with Gasteiger partial charge < -0.3 is 0 Å². The molecule has 0 aliphatic carbocycles. The lowest BCUT2D eigenvalue weighted by Crippen LogP contribution is -1.85. The summed E-state index contributed by atoms with van der Waals surface area (Å²) in [6, 6.07) is 4.15. The van der Waals surface area contributed by atoms with Crippen molar-refractivity contribution in [1.82, 2.24) is 4.98 Å². The largest absolute Gasteiger partial charge is 0.258 e. The number of hydrogen-bond donors (Lipinski definition) is 0. The quantitative estimate of drug-likeness (QED) is 0.644. The molecule has 1 rings (SSSR count). The van der Waals surface area contributed by atoms with Gasteiger partial charge in [-0.25, -0.2) is 0 Å². The van der Waals surface area contributed by atoms with Gasteiger partial charge in [-0.2, -0.15) is 0 Å². The maximum Gasteiger partial charge on any atom is 0.0378 e. The molecule has 0 aliphatic heterocycles. The average molecular weight is 249 g/mol. The maximum atomic E-state index is 4.23. The SMILES string of the molecule is Cc1cc(C)nc(C)c1.I. The molecule has 0 unspecified atom stereocenters. The van der Waals surface area contributed by atoms with Crippen molar-refractivity contribution in [3.63, 3.8) is 0 Å². The Hall–Kier alpha value is -0.120. The van der Waals surface area contributed by atoms with Gasteiger partial charge in [-0.05, 0) is 38.5 Å². The Bertz CT molecular complexity index is 170. The molecule has 1 nitrogen and oxygen atoms in total. The van der Waals surface area contributed by atoms with Gasteiger partial charge in [0.1, 0.15) is 0 Å². The third kappa shape index (κ3) is 2.64. The van der Waals surface area contributed by atoms with Crippen molar-refractivity contribution in [1.29, 1.82) is 0 Å². The highest BCUT2D eigenvalue weighted by Gasteiger charge is 1.88. The predicted octanol–water partition coefficient (Wildman–Crippen LogP) is 2.62. The molecule has 0 saturated carbocycles. The van der Waals surface area contributed by atoms with Crippen LogP contribution in [0, 0.1) is 20.8 Å². The lowest BCUT2D eigenvalue weighted by Gasteiger charge is -1.96. The van der Waals surface area contributed by atoms with Gasteiger partial charge in [0.25, 0.3) is 0 Å². The van der Waals surface area contributed by atoms with Gasteiger partial charge in [0, 0.05) is 11.4 Å². The van der Waals surface area contributed by atoms with Crippen LogP contribution < -0.4 is 0 Å². The van der Waals surface area contributed by atoms with E-state index in [2.05, 4.69) is 24.0 Å². The molecule has 0 bridgehead atoms. The minimum atomic E-state index is 0. The molecule has 10 heavy (non-hydrogen) atoms. The summed E-state index contributed by atoms with van der Waals surface area (Å²) in [4.78, 5) is 4.23. The molecule has 1 aromatic rings. The van der Waals surface area contributed by atoms with E-state index in [0.29, 0.717) is 0 Å². The molecule has 0 fully saturated rings. The number of halogens is 1. The van der Waals surface area contributed by atoms with Crippen LogP contribution in [0.3, 0.4) is 0 Å². The number of nitrogens with zero attached hydrogens (tertiary/aromatic N) is 1. The Labute approximate surface area is 78.9 Å². The van der Waals surface area contributed by atoms with Gasteiger partial charge in [0.05, 0.1) is 0 Å². The Morgan fingerprint density at radius 1 is 1.00 bits per heavy atom. The van der Waals surface area contributed by atoms with Crippen LogP contribution in [0.5, 0.6) is 0 Å². The van der Waals surface area contributed by atoms with Gasteiger partial charge in [0.15, 0.2) is 0 Å². The number of pyridine rings is 1. The van der Waals surface area contributed by atoms with Crippen molar-refractivity contribution in [2.24, 2.45) is 0 Å². The van der Waals surface area contributed by atoms with Crippen molar-refractivity contribution in [3.05, 3.63) is 29.1 Å². The Kier molecular flexibility index (Phi) is 3.86. The summed E-state index contributed by atoms with van der Waals surface area (Å²) in [5, 5.41) is 0. The first-order chi connectivity index (χ1) is 4.18. The molecule has 0 aliphatic rings. The van der Waals surface area contributed by atoms with Gasteiger partial charge in [0.2, 0.25) is 0 Å². The first-order valence-corrected chi connectivity index (χ1v) is 3.10. The first-order valence-electron chi connectivity index (χ1n) is 3.10. The van der Waals surface area contributed by atoms with Crippen LogP contribution in [0.15, 0.2) is 12.1 Å². The summed E-state index contributed by atoms with van der Waals surface area (Å²) in [6.07, 6.45) is 0. The molecule has 0 aromatic carbocycles. The molecule has 56 valence electrons. The van der Waals surface area contributed by atoms with Crippen molar-refractivity contribution < 1.29 is 0 Å². The monoisotopic (exact) mass is 249 g/mol. The van der Waals surface area contributed by atoms with Crippen LogP contribution in [0.2, 0.25) is 0 Å². The highest BCUT2D eigenvalue weighted by Crippen LogP contribution is 2.01. The van der Waals surface area contributed by atoms with E-state index in [-0.39, 0.29) is 24.0 Å². The van der Waals surface area contributed by atoms with Crippen LogP contribution in [0.4, 0.5) is 0 Å². The van der Waals surface area contributed by atoms with Crippen LogP contribution in [0.25, 0.3) is 0 Å². The summed E-state index contributed by atoms with van der Waals surface area (Å²) in [7, 11) is 0. The molecule has 1 heterocycles. The number of aromatic nitrogens is 1. The predicted molar refractivity (Wildman–Crippen MR) is 53.9 cm³/mol. The number of rotatable bonds is 0. The molecule has 0 saturated heterocycles. The number of hydrogen-bond acceptors (Lipinski definition) is 1. The zero-order valence-electron chi connectivity index (χ0n) is 6.51. The topological polar surface area (TPSA) is 12.9 Å². The van der Waals surface area contributed by atoms with Crippen molar-refractivity contribution in [3.8, 4) is 0 Å². The van der Waals surface area contributed by atoms with E-state index in [9.17, 15) is 0 Å². The summed E-state index contributed by atoms with van der Waals surface area (Å²) < 4.78 is 0. The van der Waals surface area contributed by atoms with Gasteiger partial charge in [-0.3, -0.25) is 4.98 Å². The highest BCUT2D eigenvalue weighted by molar-refractivity contribution is 14.0. The van der Waals surface area contributed by atoms with Crippen LogP contribution in [-0.4, -0.2) is 4.98 Å². The lowest BCUT2D eigenvalue weighted by molar-refractivity contribution is 1.10. The van der Waals surface area contributed by atoms with E-state index in [0.717, 1.165) is 11.4 Å². The van der Waals surface area contributed by atoms with E-state index in [1.807, 2.05) is 13.8 Å². The fraction of sp³-hybridized carbons (Fsp3) is 0.375. The van der Waals surface area contributed by atoms with E-state index in [1.54, 1.807) is 0 Å². The maximum absolute atomic E-state index is 4.23. The highest BCUT2D eigenvalue weighted by atomic mass is 127. The minimum absolute atomic E-state index is 0. The normalized spacial score (nSPS) is 8.70. The van der Waals surface area contributed by atoms with Crippen LogP contribution in [-0.2, 0) is 0 Å². The van der Waals surface area contributed by atoms with E-state index in [1.165, 1.54) is 5.56 Å². The minimum Gasteiger partial charge on any atom is -0.258 e. The lowest BCUT2D eigenvalue weighted by atomic mass is 10.2. The smallest absolute Gasteiger partial charge is 0.0378 e. The van der Waals surface area contributed by atoms with E-state index in [4.69, 9.17) is 0 Å². The fourth-order valence-corrected chi connectivity index (χ4v) is 1.04. The molecule has 0 atom stereocenters. The third-order valence-corrected chi connectivity index (χ3v) is 1.23. The molecule has 0 amide bonds. The van der Waals surface area contributed by atoms with Crippen LogP contribution >= 0.6 is 24.0 Å².